The van der Waals surface area contributed by atoms with Gasteiger partial charge in [-0.25, -0.2) is 0 Å². The van der Waals surface area contributed by atoms with E-state index in [9.17, 15) is 9.59 Å². The molecule has 3 aliphatic rings. The molecule has 2 unspecified atom stereocenters. The van der Waals surface area contributed by atoms with Crippen molar-refractivity contribution in [1.82, 2.24) is 15.1 Å². The van der Waals surface area contributed by atoms with Crippen molar-refractivity contribution in [3.05, 3.63) is 22.4 Å². The number of carbonyl (C=O) groups is 2. The Morgan fingerprint density at radius 2 is 2.24 bits per heavy atom. The van der Waals surface area contributed by atoms with Crippen molar-refractivity contribution in [1.29, 1.82) is 0 Å². The van der Waals surface area contributed by atoms with Crippen LogP contribution in [0, 0.1) is 11.3 Å². The number of thiophene rings is 1. The van der Waals surface area contributed by atoms with Gasteiger partial charge in [-0.3, -0.25) is 9.59 Å². The second-order valence-electron chi connectivity index (χ2n) is 7.76. The zero-order valence-electron chi connectivity index (χ0n) is 14.9. The second kappa shape index (κ2) is 6.72. The largest absolute Gasteiger partial charge is 0.342 e. The van der Waals surface area contributed by atoms with E-state index in [1.165, 1.54) is 5.56 Å². The van der Waals surface area contributed by atoms with Gasteiger partial charge < -0.3 is 15.1 Å². The molecule has 6 heteroatoms. The smallest absolute Gasteiger partial charge is 0.228 e. The van der Waals surface area contributed by atoms with Crippen LogP contribution in [0.25, 0.3) is 0 Å². The monoisotopic (exact) mass is 361 g/mol. The van der Waals surface area contributed by atoms with Crippen LogP contribution in [0.15, 0.2) is 16.8 Å². The van der Waals surface area contributed by atoms with Gasteiger partial charge in [0.05, 0.1) is 5.92 Å². The minimum absolute atomic E-state index is 0.128. The summed E-state index contributed by atoms with van der Waals surface area (Å²) in [5.74, 6) is 0.157. The van der Waals surface area contributed by atoms with Crippen LogP contribution in [-0.4, -0.2) is 53.8 Å². The Balaban J connectivity index is 1.51. The topological polar surface area (TPSA) is 52.7 Å². The molecule has 1 N–H and O–H groups in total. The standard InChI is InChI=1S/C19H27N3O2S/c1-2-21-12-15(9-17(21)23)18(24)22(11-14-3-8-25-13-14)16-10-19(16)4-6-20-7-5-19/h3,8,13,15-16,20H,2,4-7,9-12H2,1H3. The Morgan fingerprint density at radius 3 is 2.88 bits per heavy atom. The minimum atomic E-state index is -0.162. The molecule has 1 saturated carbocycles. The van der Waals surface area contributed by atoms with Crippen LogP contribution in [-0.2, 0) is 16.1 Å². The average Bonchev–Trinajstić information content (AvgIpc) is 2.99. The van der Waals surface area contributed by atoms with Crippen LogP contribution in [0.1, 0.15) is 38.2 Å². The molecule has 0 radical (unpaired) electrons. The molecule has 25 heavy (non-hydrogen) atoms. The van der Waals surface area contributed by atoms with Gasteiger partial charge in [0, 0.05) is 32.1 Å². The molecule has 1 aromatic rings. The number of piperidine rings is 1. The maximum Gasteiger partial charge on any atom is 0.228 e. The molecule has 136 valence electrons. The fourth-order valence-electron chi connectivity index (χ4n) is 4.63. The Bertz CT molecular complexity index is 639. The Morgan fingerprint density at radius 1 is 1.44 bits per heavy atom. The molecular weight excluding hydrogens is 334 g/mol. The lowest BCUT2D eigenvalue weighted by molar-refractivity contribution is -0.137. The molecule has 0 bridgehead atoms. The van der Waals surface area contributed by atoms with Gasteiger partial charge in [-0.1, -0.05) is 0 Å². The van der Waals surface area contributed by atoms with Crippen LogP contribution >= 0.6 is 11.3 Å². The van der Waals surface area contributed by atoms with E-state index in [-0.39, 0.29) is 17.7 Å². The third-order valence-electron chi connectivity index (χ3n) is 6.28. The quantitative estimate of drug-likeness (QED) is 0.874. The van der Waals surface area contributed by atoms with Crippen molar-refractivity contribution in [3.63, 3.8) is 0 Å². The van der Waals surface area contributed by atoms with Gasteiger partial charge in [-0.2, -0.15) is 11.3 Å². The third kappa shape index (κ3) is 3.22. The molecule has 2 saturated heterocycles. The minimum Gasteiger partial charge on any atom is -0.342 e. The Kier molecular flexibility index (Phi) is 4.58. The molecule has 2 amide bonds. The lowest BCUT2D eigenvalue weighted by Crippen LogP contribution is -2.42. The molecule has 2 aliphatic heterocycles. The van der Waals surface area contributed by atoms with E-state index in [1.54, 1.807) is 11.3 Å². The predicted molar refractivity (Wildman–Crippen MR) is 98.2 cm³/mol. The fraction of sp³-hybridized carbons (Fsp3) is 0.684. The molecule has 1 aliphatic carbocycles. The Hall–Kier alpha value is -1.40. The summed E-state index contributed by atoms with van der Waals surface area (Å²) in [4.78, 5) is 29.3. The SMILES string of the molecule is CCN1CC(C(=O)N(Cc2ccsc2)C2CC23CCNCC3)CC1=O. The lowest BCUT2D eigenvalue weighted by atomic mass is 9.93. The van der Waals surface area contributed by atoms with E-state index in [4.69, 9.17) is 0 Å². The highest BCUT2D eigenvalue weighted by Gasteiger charge is 2.58. The number of carbonyl (C=O) groups excluding carboxylic acids is 2. The van der Waals surface area contributed by atoms with Crippen LogP contribution < -0.4 is 5.32 Å². The Labute approximate surface area is 153 Å². The predicted octanol–water partition coefficient (Wildman–Crippen LogP) is 2.09. The molecule has 3 fully saturated rings. The van der Waals surface area contributed by atoms with Crippen molar-refractivity contribution < 1.29 is 9.59 Å². The zero-order valence-corrected chi connectivity index (χ0v) is 15.7. The van der Waals surface area contributed by atoms with Gasteiger partial charge in [-0.05, 0) is 67.1 Å². The van der Waals surface area contributed by atoms with Crippen LogP contribution in [0.4, 0.5) is 0 Å². The first kappa shape index (κ1) is 17.0. The maximum absolute atomic E-state index is 13.3. The molecule has 1 aromatic heterocycles. The lowest BCUT2D eigenvalue weighted by Gasteiger charge is -2.31. The number of nitrogens with one attached hydrogen (secondary N) is 1. The molecule has 5 nitrogen and oxygen atoms in total. The molecule has 4 rings (SSSR count). The average molecular weight is 362 g/mol. The van der Waals surface area contributed by atoms with Gasteiger partial charge in [-0.15, -0.1) is 0 Å². The molecule has 3 heterocycles. The van der Waals surface area contributed by atoms with Gasteiger partial charge in [0.25, 0.3) is 0 Å². The van der Waals surface area contributed by atoms with Gasteiger partial charge in [0.15, 0.2) is 0 Å². The van der Waals surface area contributed by atoms with Crippen molar-refractivity contribution in [2.24, 2.45) is 11.3 Å². The number of amides is 2. The van der Waals surface area contributed by atoms with Crippen LogP contribution in [0.5, 0.6) is 0 Å². The first-order valence-corrected chi connectivity index (χ1v) is 10.4. The van der Waals surface area contributed by atoms with Gasteiger partial charge in [0.1, 0.15) is 0 Å². The van der Waals surface area contributed by atoms with E-state index in [0.717, 1.165) is 32.4 Å². The summed E-state index contributed by atoms with van der Waals surface area (Å²) in [5.41, 5.74) is 1.54. The van der Waals surface area contributed by atoms with E-state index in [0.29, 0.717) is 37.5 Å². The number of hydrogen-bond acceptors (Lipinski definition) is 4. The summed E-state index contributed by atoms with van der Waals surface area (Å²) in [7, 11) is 0. The first-order valence-electron chi connectivity index (χ1n) is 9.43. The molecule has 2 atom stereocenters. The summed E-state index contributed by atoms with van der Waals surface area (Å²) in [6.45, 7) is 6.09. The maximum atomic E-state index is 13.3. The van der Waals surface area contributed by atoms with E-state index < -0.39 is 0 Å². The summed E-state index contributed by atoms with van der Waals surface area (Å²) in [6.07, 6.45) is 3.84. The highest BCUT2D eigenvalue weighted by molar-refractivity contribution is 7.07. The fourth-order valence-corrected chi connectivity index (χ4v) is 5.29. The number of likely N-dealkylation sites (tertiary alicyclic amines) is 1. The number of hydrogen-bond donors (Lipinski definition) is 1. The van der Waals surface area contributed by atoms with E-state index in [2.05, 4.69) is 27.0 Å². The van der Waals surface area contributed by atoms with Crippen molar-refractivity contribution >= 4 is 23.2 Å². The summed E-state index contributed by atoms with van der Waals surface area (Å²) < 4.78 is 0. The third-order valence-corrected chi connectivity index (χ3v) is 7.02. The summed E-state index contributed by atoms with van der Waals surface area (Å²) in [6, 6.07) is 2.47. The second-order valence-corrected chi connectivity index (χ2v) is 8.54. The normalized spacial score (nSPS) is 27.7. The molecule has 1 spiro atoms. The number of nitrogens with zero attached hydrogens (tertiary/aromatic N) is 2. The molecule has 0 aromatic carbocycles. The van der Waals surface area contributed by atoms with Crippen molar-refractivity contribution in [2.75, 3.05) is 26.2 Å². The van der Waals surface area contributed by atoms with E-state index in [1.807, 2.05) is 11.8 Å². The summed E-state index contributed by atoms with van der Waals surface area (Å²) >= 11 is 1.68. The van der Waals surface area contributed by atoms with Gasteiger partial charge >= 0.3 is 0 Å². The summed E-state index contributed by atoms with van der Waals surface area (Å²) in [5, 5.41) is 7.64. The van der Waals surface area contributed by atoms with Crippen molar-refractivity contribution in [2.45, 2.75) is 45.2 Å². The van der Waals surface area contributed by atoms with Crippen LogP contribution in [0.3, 0.4) is 0 Å². The van der Waals surface area contributed by atoms with E-state index >= 15 is 0 Å². The number of rotatable bonds is 5. The van der Waals surface area contributed by atoms with Crippen LogP contribution in [0.2, 0.25) is 0 Å². The highest BCUT2D eigenvalue weighted by Crippen LogP contribution is 2.56. The van der Waals surface area contributed by atoms with Gasteiger partial charge in [0.2, 0.25) is 11.8 Å². The molecular formula is C19H27N3O2S. The first-order chi connectivity index (χ1) is 12.1. The van der Waals surface area contributed by atoms with Crippen molar-refractivity contribution in [3.8, 4) is 0 Å². The zero-order chi connectivity index (χ0) is 17.4. The highest BCUT2D eigenvalue weighted by atomic mass is 32.1.